The van der Waals surface area contributed by atoms with Crippen LogP contribution in [0.3, 0.4) is 0 Å². The lowest BCUT2D eigenvalue weighted by Gasteiger charge is -2.28. The van der Waals surface area contributed by atoms with Gasteiger partial charge in [-0.1, -0.05) is 30.2 Å². The second-order valence-electron chi connectivity index (χ2n) is 5.26. The van der Waals surface area contributed by atoms with Crippen LogP contribution >= 0.6 is 22.7 Å². The van der Waals surface area contributed by atoms with Crippen LogP contribution in [0.4, 0.5) is 5.13 Å². The molecule has 0 amide bonds. The van der Waals surface area contributed by atoms with Gasteiger partial charge in [0.25, 0.3) is 0 Å². The summed E-state index contributed by atoms with van der Waals surface area (Å²) in [6.45, 7) is 0.663. The van der Waals surface area contributed by atoms with Gasteiger partial charge in [-0.05, 0) is 30.2 Å². The minimum Gasteiger partial charge on any atom is -0.481 e. The number of rotatable bonds is 5. The molecule has 2 N–H and O–H groups in total. The van der Waals surface area contributed by atoms with Gasteiger partial charge in [-0.25, -0.2) is 0 Å². The van der Waals surface area contributed by atoms with Crippen molar-refractivity contribution in [3.63, 3.8) is 0 Å². The van der Waals surface area contributed by atoms with Crippen molar-refractivity contribution in [3.05, 3.63) is 17.5 Å². The number of carbonyl (C=O) groups is 1. The van der Waals surface area contributed by atoms with E-state index >= 15 is 0 Å². The first-order valence-corrected chi connectivity index (χ1v) is 8.77. The van der Waals surface area contributed by atoms with Crippen molar-refractivity contribution in [2.45, 2.75) is 25.7 Å². The van der Waals surface area contributed by atoms with E-state index in [1.165, 1.54) is 11.3 Å². The zero-order chi connectivity index (χ0) is 14.7. The summed E-state index contributed by atoms with van der Waals surface area (Å²) in [5.74, 6) is -0.709. The van der Waals surface area contributed by atoms with Crippen LogP contribution in [0.25, 0.3) is 9.88 Å². The molecule has 2 aromatic rings. The van der Waals surface area contributed by atoms with Crippen molar-refractivity contribution >= 4 is 33.8 Å². The molecule has 0 aliphatic heterocycles. The number of nitrogens with zero attached hydrogens (tertiary/aromatic N) is 2. The molecule has 0 saturated heterocycles. The molecule has 2 heterocycles. The summed E-state index contributed by atoms with van der Waals surface area (Å²) in [5, 5.41) is 24.6. The molecule has 5 nitrogen and oxygen atoms in total. The highest BCUT2D eigenvalue weighted by Crippen LogP contribution is 2.32. The molecule has 1 saturated carbocycles. The zero-order valence-electron chi connectivity index (χ0n) is 11.5. The highest BCUT2D eigenvalue weighted by atomic mass is 32.1. The molecule has 0 spiro atoms. The first kappa shape index (κ1) is 14.5. The minimum absolute atomic E-state index is 0.185. The third kappa shape index (κ3) is 3.41. The molecular weight excluding hydrogens is 306 g/mol. The van der Waals surface area contributed by atoms with Gasteiger partial charge in [0.15, 0.2) is 5.01 Å². The predicted octanol–water partition coefficient (Wildman–Crippen LogP) is 3.57. The lowest BCUT2D eigenvalue weighted by Crippen LogP contribution is -2.31. The Morgan fingerprint density at radius 3 is 3.00 bits per heavy atom. The number of aliphatic carboxylic acids is 1. The van der Waals surface area contributed by atoms with Crippen LogP contribution in [-0.4, -0.2) is 27.8 Å². The summed E-state index contributed by atoms with van der Waals surface area (Å²) in [6.07, 6.45) is 3.90. The molecule has 0 unspecified atom stereocenters. The molecular formula is C14H17N3O2S2. The minimum atomic E-state index is -0.668. The largest absolute Gasteiger partial charge is 0.481 e. The van der Waals surface area contributed by atoms with E-state index in [-0.39, 0.29) is 11.8 Å². The highest BCUT2D eigenvalue weighted by molar-refractivity contribution is 7.22. The molecule has 112 valence electrons. The lowest BCUT2D eigenvalue weighted by atomic mass is 9.79. The van der Waals surface area contributed by atoms with Gasteiger partial charge >= 0.3 is 5.97 Å². The van der Waals surface area contributed by atoms with Crippen molar-refractivity contribution in [1.29, 1.82) is 0 Å². The topological polar surface area (TPSA) is 75.1 Å². The fourth-order valence-corrected chi connectivity index (χ4v) is 4.33. The number of hydrogen-bond acceptors (Lipinski definition) is 6. The molecule has 21 heavy (non-hydrogen) atoms. The predicted molar refractivity (Wildman–Crippen MR) is 84.8 cm³/mol. The van der Waals surface area contributed by atoms with Crippen molar-refractivity contribution in [3.8, 4) is 9.88 Å². The highest BCUT2D eigenvalue weighted by Gasteiger charge is 2.30. The van der Waals surface area contributed by atoms with Gasteiger partial charge in [-0.2, -0.15) is 0 Å². The van der Waals surface area contributed by atoms with E-state index in [9.17, 15) is 9.90 Å². The number of anilines is 1. The molecule has 3 rings (SSSR count). The molecule has 0 bridgehead atoms. The average molecular weight is 323 g/mol. The maximum Gasteiger partial charge on any atom is 0.306 e. The van der Waals surface area contributed by atoms with Crippen LogP contribution < -0.4 is 5.32 Å². The number of nitrogens with one attached hydrogen (secondary N) is 1. The molecule has 2 aromatic heterocycles. The standard InChI is InChI=1S/C14H17N3O2S2/c18-13(19)10-5-2-1-4-9(10)8-15-14-17-16-12(21-14)11-6-3-7-20-11/h3,6-7,9-10H,1-2,4-5,8H2,(H,15,17)(H,18,19)/t9-,10-/m0/s1. The quantitative estimate of drug-likeness (QED) is 0.880. The van der Waals surface area contributed by atoms with Crippen LogP contribution in [0, 0.1) is 11.8 Å². The van der Waals surface area contributed by atoms with Gasteiger partial charge in [-0.15, -0.1) is 21.5 Å². The fraction of sp³-hybridized carbons (Fsp3) is 0.500. The summed E-state index contributed by atoms with van der Waals surface area (Å²) in [6, 6.07) is 4.02. The van der Waals surface area contributed by atoms with Crippen LogP contribution in [-0.2, 0) is 4.79 Å². The Labute approximate surface area is 131 Å². The van der Waals surface area contributed by atoms with Crippen molar-refractivity contribution in [2.24, 2.45) is 11.8 Å². The third-order valence-corrected chi connectivity index (χ3v) is 5.82. The summed E-state index contributed by atoms with van der Waals surface area (Å²) in [5.41, 5.74) is 0. The second kappa shape index (κ2) is 6.53. The maximum absolute atomic E-state index is 11.3. The van der Waals surface area contributed by atoms with E-state index < -0.39 is 5.97 Å². The SMILES string of the molecule is O=C(O)[C@H]1CCCC[C@H]1CNc1nnc(-c2cccs2)s1. The Hall–Kier alpha value is -1.47. The van der Waals surface area contributed by atoms with Gasteiger partial charge in [0.05, 0.1) is 10.8 Å². The van der Waals surface area contributed by atoms with Gasteiger partial charge in [0, 0.05) is 6.54 Å². The van der Waals surface area contributed by atoms with E-state index in [2.05, 4.69) is 15.5 Å². The summed E-state index contributed by atoms with van der Waals surface area (Å²) >= 11 is 3.16. The molecule has 0 radical (unpaired) electrons. The van der Waals surface area contributed by atoms with Crippen LogP contribution in [0.1, 0.15) is 25.7 Å². The number of carboxylic acid groups (broad SMARTS) is 1. The molecule has 1 aliphatic carbocycles. The number of carboxylic acids is 1. The van der Waals surface area contributed by atoms with Crippen LogP contribution in [0.15, 0.2) is 17.5 Å². The van der Waals surface area contributed by atoms with Gasteiger partial charge in [-0.3, -0.25) is 4.79 Å². The first-order chi connectivity index (χ1) is 10.2. The first-order valence-electron chi connectivity index (χ1n) is 7.08. The van der Waals surface area contributed by atoms with Crippen LogP contribution in [0.5, 0.6) is 0 Å². The van der Waals surface area contributed by atoms with E-state index in [4.69, 9.17) is 0 Å². The average Bonchev–Trinajstić information content (AvgIpc) is 3.16. The zero-order valence-corrected chi connectivity index (χ0v) is 13.1. The summed E-state index contributed by atoms with van der Waals surface area (Å²) < 4.78 is 0. The van der Waals surface area contributed by atoms with E-state index in [0.29, 0.717) is 6.54 Å². The monoisotopic (exact) mass is 323 g/mol. The number of thiophene rings is 1. The van der Waals surface area contributed by atoms with Gasteiger partial charge in [0.2, 0.25) is 5.13 Å². The Kier molecular flexibility index (Phi) is 4.50. The van der Waals surface area contributed by atoms with Gasteiger partial charge in [0.1, 0.15) is 0 Å². The fourth-order valence-electron chi connectivity index (χ4n) is 2.79. The molecule has 1 fully saturated rings. The normalized spacial score (nSPS) is 22.1. The lowest BCUT2D eigenvalue weighted by molar-refractivity contribution is -0.144. The molecule has 7 heteroatoms. The maximum atomic E-state index is 11.3. The van der Waals surface area contributed by atoms with Crippen molar-refractivity contribution in [2.75, 3.05) is 11.9 Å². The second-order valence-corrected chi connectivity index (χ2v) is 7.19. The summed E-state index contributed by atoms with van der Waals surface area (Å²) in [7, 11) is 0. The van der Waals surface area contributed by atoms with E-state index in [1.54, 1.807) is 11.3 Å². The smallest absolute Gasteiger partial charge is 0.306 e. The van der Waals surface area contributed by atoms with Gasteiger partial charge < -0.3 is 10.4 Å². The Balaban J connectivity index is 1.61. The molecule has 0 aromatic carbocycles. The molecule has 2 atom stereocenters. The summed E-state index contributed by atoms with van der Waals surface area (Å²) in [4.78, 5) is 12.4. The molecule has 1 aliphatic rings. The Morgan fingerprint density at radius 1 is 1.38 bits per heavy atom. The number of hydrogen-bond donors (Lipinski definition) is 2. The Morgan fingerprint density at radius 2 is 2.24 bits per heavy atom. The van der Waals surface area contributed by atoms with Crippen LogP contribution in [0.2, 0.25) is 0 Å². The Bertz CT molecular complexity index is 597. The van der Waals surface area contributed by atoms with E-state index in [1.807, 2.05) is 17.5 Å². The van der Waals surface area contributed by atoms with E-state index in [0.717, 1.165) is 40.7 Å². The third-order valence-electron chi connectivity index (χ3n) is 3.90. The van der Waals surface area contributed by atoms with Crippen molar-refractivity contribution < 1.29 is 9.90 Å². The number of aromatic nitrogens is 2. The van der Waals surface area contributed by atoms with Crippen molar-refractivity contribution in [1.82, 2.24) is 10.2 Å².